The lowest BCUT2D eigenvalue weighted by Gasteiger charge is -2.39. The van der Waals surface area contributed by atoms with Crippen molar-refractivity contribution in [3.05, 3.63) is 47.8 Å². The van der Waals surface area contributed by atoms with Crippen molar-refractivity contribution in [3.63, 3.8) is 0 Å². The molecule has 3 rings (SSSR count). The van der Waals surface area contributed by atoms with Crippen LogP contribution in [0.2, 0.25) is 0 Å². The highest BCUT2D eigenvalue weighted by Crippen LogP contribution is 2.36. The lowest BCUT2D eigenvalue weighted by Crippen LogP contribution is -2.47. The Morgan fingerprint density at radius 1 is 1.29 bits per heavy atom. The molecule has 3 nitrogen and oxygen atoms in total. The van der Waals surface area contributed by atoms with Crippen LogP contribution in [0.3, 0.4) is 0 Å². The van der Waals surface area contributed by atoms with Crippen LogP contribution in [0.15, 0.2) is 47.8 Å². The van der Waals surface area contributed by atoms with Crippen LogP contribution in [0.4, 0.5) is 0 Å². The Morgan fingerprint density at radius 2 is 2.06 bits per heavy atom. The maximum absolute atomic E-state index is 11.9. The molecule has 0 spiro atoms. The minimum atomic E-state index is -0.337. The third kappa shape index (κ3) is 1.62. The Kier molecular flexibility index (Phi) is 2.05. The lowest BCUT2D eigenvalue weighted by molar-refractivity contribution is -0.119. The predicted molar refractivity (Wildman–Crippen MR) is 65.0 cm³/mol. The van der Waals surface area contributed by atoms with Gasteiger partial charge in [0.1, 0.15) is 11.4 Å². The number of amides is 1. The number of carbonyl (C=O) groups excluding carboxylic acids is 1. The second kappa shape index (κ2) is 3.36. The minimum Gasteiger partial charge on any atom is -0.487 e. The van der Waals surface area contributed by atoms with Crippen LogP contribution in [0.5, 0.6) is 0 Å². The van der Waals surface area contributed by atoms with Gasteiger partial charge < -0.3 is 10.1 Å². The first-order chi connectivity index (χ1) is 8.07. The van der Waals surface area contributed by atoms with Gasteiger partial charge in [0, 0.05) is 0 Å². The first-order valence-corrected chi connectivity index (χ1v) is 5.85. The van der Waals surface area contributed by atoms with Gasteiger partial charge in [-0.15, -0.1) is 0 Å². The zero-order valence-corrected chi connectivity index (χ0v) is 9.94. The molecule has 1 aliphatic carbocycles. The number of hydrogen-bond acceptors (Lipinski definition) is 2. The fourth-order valence-corrected chi connectivity index (χ4v) is 2.40. The van der Waals surface area contributed by atoms with E-state index in [4.69, 9.17) is 4.74 Å². The van der Waals surface area contributed by atoms with Gasteiger partial charge in [-0.3, -0.25) is 4.79 Å². The van der Waals surface area contributed by atoms with Gasteiger partial charge in [0.15, 0.2) is 0 Å². The summed E-state index contributed by atoms with van der Waals surface area (Å²) in [5, 5.41) is 2.98. The van der Waals surface area contributed by atoms with E-state index in [9.17, 15) is 4.79 Å². The molecule has 88 valence electrons. The fourth-order valence-electron chi connectivity index (χ4n) is 2.40. The summed E-state index contributed by atoms with van der Waals surface area (Å²) in [6.45, 7) is 3.99. The van der Waals surface area contributed by atoms with Crippen LogP contribution in [-0.4, -0.2) is 17.6 Å². The SMILES string of the molecule is CC1(C)C=CC2=C(O1)C1C=CC=CC1NC2=O. The molecule has 0 saturated heterocycles. The summed E-state index contributed by atoms with van der Waals surface area (Å²) < 4.78 is 5.96. The Balaban J connectivity index is 2.06. The van der Waals surface area contributed by atoms with E-state index in [1.165, 1.54) is 0 Å². The maximum atomic E-state index is 11.9. The summed E-state index contributed by atoms with van der Waals surface area (Å²) in [5.41, 5.74) is 0.321. The summed E-state index contributed by atoms with van der Waals surface area (Å²) in [6.07, 6.45) is 11.8. The quantitative estimate of drug-likeness (QED) is 0.688. The van der Waals surface area contributed by atoms with Gasteiger partial charge in [-0.25, -0.2) is 0 Å². The molecular formula is C14H15NO2. The molecule has 17 heavy (non-hydrogen) atoms. The van der Waals surface area contributed by atoms with Crippen molar-refractivity contribution < 1.29 is 9.53 Å². The number of carbonyl (C=O) groups is 1. The molecule has 0 fully saturated rings. The highest BCUT2D eigenvalue weighted by Gasteiger charge is 2.38. The molecular weight excluding hydrogens is 214 g/mol. The van der Waals surface area contributed by atoms with Gasteiger partial charge in [-0.2, -0.15) is 0 Å². The Hall–Kier alpha value is -1.77. The lowest BCUT2D eigenvalue weighted by atomic mass is 9.85. The molecule has 0 radical (unpaired) electrons. The van der Waals surface area contributed by atoms with Crippen molar-refractivity contribution in [3.8, 4) is 0 Å². The normalized spacial score (nSPS) is 32.7. The molecule has 3 heteroatoms. The van der Waals surface area contributed by atoms with Crippen molar-refractivity contribution in [1.82, 2.24) is 5.32 Å². The molecule has 0 aromatic carbocycles. The van der Waals surface area contributed by atoms with Crippen LogP contribution in [-0.2, 0) is 9.53 Å². The summed E-state index contributed by atoms with van der Waals surface area (Å²) in [6, 6.07) is 0.0218. The van der Waals surface area contributed by atoms with Crippen molar-refractivity contribution in [2.45, 2.75) is 25.5 Å². The van der Waals surface area contributed by atoms with E-state index in [1.807, 2.05) is 44.2 Å². The zero-order valence-electron chi connectivity index (χ0n) is 9.94. The Bertz CT molecular complexity index is 494. The molecule has 0 bridgehead atoms. The standard InChI is InChI=1S/C14H15NO2/c1-14(2)8-7-10-12(17-14)9-5-3-4-6-11(9)15-13(10)16/h3-9,11H,1-2H3,(H,15,16). The number of ether oxygens (including phenoxy) is 1. The molecule has 3 aliphatic rings. The van der Waals surface area contributed by atoms with Gasteiger partial charge in [-0.05, 0) is 26.0 Å². The average molecular weight is 229 g/mol. The van der Waals surface area contributed by atoms with E-state index < -0.39 is 0 Å². The number of allylic oxidation sites excluding steroid dienone is 2. The number of hydrogen-bond donors (Lipinski definition) is 1. The number of nitrogens with one attached hydrogen (secondary N) is 1. The number of rotatable bonds is 0. The van der Waals surface area contributed by atoms with Gasteiger partial charge in [0.25, 0.3) is 5.91 Å². The molecule has 1 amide bonds. The summed E-state index contributed by atoms with van der Waals surface area (Å²) in [4.78, 5) is 11.9. The van der Waals surface area contributed by atoms with E-state index in [1.54, 1.807) is 0 Å². The molecule has 2 heterocycles. The van der Waals surface area contributed by atoms with Gasteiger partial charge in [0.05, 0.1) is 17.5 Å². The van der Waals surface area contributed by atoms with E-state index >= 15 is 0 Å². The van der Waals surface area contributed by atoms with Gasteiger partial charge in [-0.1, -0.05) is 24.3 Å². The van der Waals surface area contributed by atoms with Crippen LogP contribution in [0, 0.1) is 5.92 Å². The first kappa shape index (κ1) is 10.4. The summed E-state index contributed by atoms with van der Waals surface area (Å²) in [5.74, 6) is 0.872. The van der Waals surface area contributed by atoms with Crippen LogP contribution in [0.1, 0.15) is 13.8 Å². The molecule has 1 N–H and O–H groups in total. The van der Waals surface area contributed by atoms with E-state index in [0.717, 1.165) is 5.76 Å². The Morgan fingerprint density at radius 3 is 2.88 bits per heavy atom. The zero-order chi connectivity index (χ0) is 12.0. The highest BCUT2D eigenvalue weighted by atomic mass is 16.5. The molecule has 2 atom stereocenters. The largest absolute Gasteiger partial charge is 0.487 e. The van der Waals surface area contributed by atoms with E-state index in [-0.39, 0.29) is 23.5 Å². The summed E-state index contributed by atoms with van der Waals surface area (Å²) in [7, 11) is 0. The topological polar surface area (TPSA) is 38.3 Å². The van der Waals surface area contributed by atoms with Crippen LogP contribution < -0.4 is 5.32 Å². The maximum Gasteiger partial charge on any atom is 0.255 e. The van der Waals surface area contributed by atoms with Gasteiger partial charge in [0.2, 0.25) is 0 Å². The monoisotopic (exact) mass is 229 g/mol. The van der Waals surface area contributed by atoms with Gasteiger partial charge >= 0.3 is 0 Å². The molecule has 0 aromatic heterocycles. The van der Waals surface area contributed by atoms with Crippen LogP contribution >= 0.6 is 0 Å². The Labute approximate surface area is 101 Å². The molecule has 0 aromatic rings. The number of fused-ring (bicyclic) bond motifs is 2. The van der Waals surface area contributed by atoms with Crippen molar-refractivity contribution in [2.75, 3.05) is 0 Å². The van der Waals surface area contributed by atoms with Crippen molar-refractivity contribution >= 4 is 5.91 Å². The van der Waals surface area contributed by atoms with Crippen molar-refractivity contribution in [1.29, 1.82) is 0 Å². The highest BCUT2D eigenvalue weighted by molar-refractivity contribution is 5.98. The second-order valence-corrected chi connectivity index (χ2v) is 5.11. The predicted octanol–water partition coefficient (Wildman–Crippen LogP) is 1.85. The third-order valence-electron chi connectivity index (χ3n) is 3.27. The minimum absolute atomic E-state index is 0.0218. The van der Waals surface area contributed by atoms with Crippen molar-refractivity contribution in [2.24, 2.45) is 5.92 Å². The fraction of sp³-hybridized carbons (Fsp3) is 0.357. The molecule has 0 saturated carbocycles. The smallest absolute Gasteiger partial charge is 0.255 e. The summed E-state index contributed by atoms with van der Waals surface area (Å²) >= 11 is 0. The molecule has 2 unspecified atom stereocenters. The first-order valence-electron chi connectivity index (χ1n) is 5.85. The van der Waals surface area contributed by atoms with Crippen LogP contribution in [0.25, 0.3) is 0 Å². The average Bonchev–Trinajstić information content (AvgIpc) is 2.28. The van der Waals surface area contributed by atoms with E-state index in [2.05, 4.69) is 11.4 Å². The second-order valence-electron chi connectivity index (χ2n) is 5.11. The third-order valence-corrected chi connectivity index (χ3v) is 3.27. The van der Waals surface area contributed by atoms with E-state index in [0.29, 0.717) is 5.57 Å². The molecule has 2 aliphatic heterocycles.